The number of nitrogens with zero attached hydrogens (tertiary/aromatic N) is 6. The maximum atomic E-state index is 13.8. The summed E-state index contributed by atoms with van der Waals surface area (Å²) in [5.74, 6) is -1.64. The normalized spacial score (nSPS) is 10.9. The van der Waals surface area contributed by atoms with Gasteiger partial charge in [0.25, 0.3) is 0 Å². The molecule has 3 aromatic heterocycles. The van der Waals surface area contributed by atoms with E-state index in [0.29, 0.717) is 5.39 Å². The van der Waals surface area contributed by atoms with Crippen molar-refractivity contribution >= 4 is 10.8 Å². The predicted octanol–water partition coefficient (Wildman–Crippen LogP) is 5.37. The molecule has 0 unspecified atom stereocenters. The molecular formula is C24H16F4IrN6-2. The van der Waals surface area contributed by atoms with E-state index in [9.17, 15) is 17.6 Å². The van der Waals surface area contributed by atoms with Crippen molar-refractivity contribution in [2.24, 2.45) is 0 Å². The topological polar surface area (TPSA) is 78.5 Å². The van der Waals surface area contributed by atoms with Gasteiger partial charge in [-0.05, 0) is 31.8 Å². The van der Waals surface area contributed by atoms with Gasteiger partial charge in [-0.2, -0.15) is 13.2 Å². The van der Waals surface area contributed by atoms with E-state index in [2.05, 4.69) is 36.2 Å². The Morgan fingerprint density at radius 1 is 0.914 bits per heavy atom. The fourth-order valence-electron chi connectivity index (χ4n) is 3.20. The van der Waals surface area contributed by atoms with Gasteiger partial charge >= 0.3 is 6.18 Å². The molecule has 181 valence electrons. The summed E-state index contributed by atoms with van der Waals surface area (Å²) in [6.45, 7) is 3.80. The Hall–Kier alpha value is -3.56. The van der Waals surface area contributed by atoms with Gasteiger partial charge < -0.3 is 15.1 Å². The third kappa shape index (κ3) is 5.93. The minimum Gasteiger partial charge on any atom is -0.413 e. The summed E-state index contributed by atoms with van der Waals surface area (Å²) in [4.78, 5) is 15.9. The van der Waals surface area contributed by atoms with Crippen LogP contribution in [0.15, 0.2) is 60.9 Å². The number of aromatic nitrogens is 6. The van der Waals surface area contributed by atoms with E-state index in [1.54, 1.807) is 24.4 Å². The molecule has 3 heterocycles. The zero-order valence-electron chi connectivity index (χ0n) is 18.3. The van der Waals surface area contributed by atoms with Crippen molar-refractivity contribution in [1.29, 1.82) is 0 Å². The Balaban J connectivity index is 0.000000195. The van der Waals surface area contributed by atoms with Crippen LogP contribution in [0.2, 0.25) is 0 Å². The number of aryl methyl sites for hydroxylation is 2. The fourth-order valence-corrected chi connectivity index (χ4v) is 3.20. The first-order chi connectivity index (χ1) is 16.2. The maximum Gasteiger partial charge on any atom is 0.429 e. The van der Waals surface area contributed by atoms with E-state index >= 15 is 0 Å². The summed E-state index contributed by atoms with van der Waals surface area (Å²) in [7, 11) is 0. The Labute approximate surface area is 211 Å². The minimum atomic E-state index is -4.57. The van der Waals surface area contributed by atoms with E-state index < -0.39 is 12.0 Å². The zero-order chi connectivity index (χ0) is 24.3. The standard InChI is InChI=1S/C16H12FN2.C8H4F3N4.Ir/c1-10-9-18-16(11(2)19-10)14-7-8-15(17)13-6-4-3-5-12(13)14;9-8(10,11)7-13-6(14-15-7)5-3-1-2-4-12-5;/h3-6,8-9H,1-2H3;1-4H;/q2*-1;. The molecule has 0 saturated carbocycles. The molecule has 0 saturated heterocycles. The molecule has 0 amide bonds. The summed E-state index contributed by atoms with van der Waals surface area (Å²) >= 11 is 0. The Bertz CT molecular complexity index is 1440. The third-order valence-electron chi connectivity index (χ3n) is 4.70. The summed E-state index contributed by atoms with van der Waals surface area (Å²) in [6, 6.07) is 16.5. The van der Waals surface area contributed by atoms with Gasteiger partial charge in [-0.3, -0.25) is 19.5 Å². The number of alkyl halides is 3. The molecule has 5 rings (SSSR count). The first-order valence-corrected chi connectivity index (χ1v) is 9.99. The molecule has 2 aromatic carbocycles. The SMILES string of the molecule is Cc1cnc(-c2[c-]cc(F)c3ccccc23)c(C)n1.FC(F)(F)c1n[n-]c(-c2ccccn2)n1.[Ir]. The van der Waals surface area contributed by atoms with Gasteiger partial charge in [-0.15, -0.1) is 17.7 Å². The third-order valence-corrected chi connectivity index (χ3v) is 4.70. The van der Waals surface area contributed by atoms with Gasteiger partial charge in [0, 0.05) is 49.7 Å². The van der Waals surface area contributed by atoms with Gasteiger partial charge in [-0.25, -0.2) is 0 Å². The number of hydrogen-bond acceptors (Lipinski definition) is 5. The van der Waals surface area contributed by atoms with Gasteiger partial charge in [0.1, 0.15) is 5.82 Å². The smallest absolute Gasteiger partial charge is 0.413 e. The van der Waals surface area contributed by atoms with Crippen LogP contribution in [-0.2, 0) is 26.3 Å². The number of rotatable bonds is 2. The van der Waals surface area contributed by atoms with Crippen LogP contribution in [0.3, 0.4) is 0 Å². The maximum absolute atomic E-state index is 13.8. The number of fused-ring (bicyclic) bond motifs is 1. The van der Waals surface area contributed by atoms with E-state index in [0.717, 1.165) is 28.0 Å². The quantitative estimate of drug-likeness (QED) is 0.188. The molecule has 0 aliphatic carbocycles. The van der Waals surface area contributed by atoms with E-state index in [4.69, 9.17) is 0 Å². The largest absolute Gasteiger partial charge is 0.429 e. The van der Waals surface area contributed by atoms with Gasteiger partial charge in [0.2, 0.25) is 0 Å². The van der Waals surface area contributed by atoms with Crippen molar-refractivity contribution in [3.63, 3.8) is 0 Å². The monoisotopic (exact) mass is 657 g/mol. The Morgan fingerprint density at radius 2 is 1.63 bits per heavy atom. The average molecular weight is 657 g/mol. The molecule has 5 aromatic rings. The first kappa shape index (κ1) is 26.1. The zero-order valence-corrected chi connectivity index (χ0v) is 20.7. The van der Waals surface area contributed by atoms with Crippen LogP contribution in [0, 0.1) is 25.7 Å². The molecule has 0 atom stereocenters. The van der Waals surface area contributed by atoms with Crippen LogP contribution in [0.1, 0.15) is 17.2 Å². The molecule has 11 heteroatoms. The van der Waals surface area contributed by atoms with Gasteiger partial charge in [-0.1, -0.05) is 41.1 Å². The first-order valence-electron chi connectivity index (χ1n) is 9.99. The predicted molar refractivity (Wildman–Crippen MR) is 117 cm³/mol. The molecule has 1 radical (unpaired) electrons. The number of halogens is 4. The van der Waals surface area contributed by atoms with Crippen molar-refractivity contribution in [3.05, 3.63) is 90.0 Å². The van der Waals surface area contributed by atoms with Gasteiger partial charge in [0.15, 0.2) is 0 Å². The average Bonchev–Trinajstić information content (AvgIpc) is 3.33. The van der Waals surface area contributed by atoms with Crippen LogP contribution in [0.4, 0.5) is 17.6 Å². The van der Waals surface area contributed by atoms with Crippen molar-refractivity contribution in [2.45, 2.75) is 20.0 Å². The van der Waals surface area contributed by atoms with Crippen LogP contribution in [0.5, 0.6) is 0 Å². The van der Waals surface area contributed by atoms with Crippen LogP contribution < -0.4 is 5.10 Å². The molecule has 0 N–H and O–H groups in total. The number of benzene rings is 2. The van der Waals surface area contributed by atoms with Crippen molar-refractivity contribution in [2.75, 3.05) is 0 Å². The molecular weight excluding hydrogens is 641 g/mol. The van der Waals surface area contributed by atoms with Crippen LogP contribution >= 0.6 is 0 Å². The van der Waals surface area contributed by atoms with Crippen LogP contribution in [-0.4, -0.2) is 25.0 Å². The number of hydrogen-bond donors (Lipinski definition) is 0. The second kappa shape index (κ2) is 10.8. The molecule has 0 bridgehead atoms. The fraction of sp³-hybridized carbons (Fsp3) is 0.125. The second-order valence-corrected chi connectivity index (χ2v) is 7.17. The summed E-state index contributed by atoms with van der Waals surface area (Å²) in [5.41, 5.74) is 3.50. The number of pyridine rings is 1. The summed E-state index contributed by atoms with van der Waals surface area (Å²) < 4.78 is 50.2. The molecule has 0 fully saturated rings. The van der Waals surface area contributed by atoms with E-state index in [1.807, 2.05) is 32.0 Å². The van der Waals surface area contributed by atoms with Crippen molar-refractivity contribution in [3.8, 4) is 22.8 Å². The Morgan fingerprint density at radius 3 is 2.26 bits per heavy atom. The molecule has 0 aliphatic heterocycles. The Kier molecular flexibility index (Phi) is 8.03. The molecule has 0 aliphatic rings. The van der Waals surface area contributed by atoms with E-state index in [-0.39, 0.29) is 37.4 Å². The minimum absolute atomic E-state index is 0. The summed E-state index contributed by atoms with van der Waals surface area (Å²) in [5, 5.41) is 7.64. The van der Waals surface area contributed by atoms with Crippen LogP contribution in [0.25, 0.3) is 33.5 Å². The molecule has 35 heavy (non-hydrogen) atoms. The van der Waals surface area contributed by atoms with Gasteiger partial charge in [0.05, 0.1) is 11.4 Å². The molecule has 0 spiro atoms. The van der Waals surface area contributed by atoms with E-state index in [1.165, 1.54) is 18.3 Å². The molecule has 6 nitrogen and oxygen atoms in total. The second-order valence-electron chi connectivity index (χ2n) is 7.17. The van der Waals surface area contributed by atoms with Crippen molar-refractivity contribution < 1.29 is 37.7 Å². The van der Waals surface area contributed by atoms with Crippen molar-refractivity contribution in [1.82, 2.24) is 30.1 Å². The summed E-state index contributed by atoms with van der Waals surface area (Å²) in [6.07, 6.45) is -1.41.